The molecular weight excluding hydrogens is 260 g/mol. The Kier molecular flexibility index (Phi) is 3.95. The maximum absolute atomic E-state index is 9.15. The lowest BCUT2D eigenvalue weighted by atomic mass is 10.2. The SMILES string of the molecule is OCC1COc2c(cccc2N2CCN(CO)CC2)O1. The quantitative estimate of drug-likeness (QED) is 0.805. The van der Waals surface area contributed by atoms with Gasteiger partial charge in [0.15, 0.2) is 17.6 Å². The number of hydrogen-bond acceptors (Lipinski definition) is 6. The van der Waals surface area contributed by atoms with Gasteiger partial charge in [0.2, 0.25) is 0 Å². The summed E-state index contributed by atoms with van der Waals surface area (Å²) in [7, 11) is 0. The molecule has 1 fully saturated rings. The highest BCUT2D eigenvalue weighted by Gasteiger charge is 2.26. The van der Waals surface area contributed by atoms with Crippen molar-refractivity contribution in [2.24, 2.45) is 0 Å². The Morgan fingerprint density at radius 2 is 1.95 bits per heavy atom. The van der Waals surface area contributed by atoms with Crippen molar-refractivity contribution in [1.29, 1.82) is 0 Å². The predicted molar refractivity (Wildman–Crippen MR) is 74.3 cm³/mol. The predicted octanol–water partition coefficient (Wildman–Crippen LogP) is -0.110. The van der Waals surface area contributed by atoms with E-state index in [2.05, 4.69) is 4.90 Å². The lowest BCUT2D eigenvalue weighted by Crippen LogP contribution is -2.47. The molecule has 20 heavy (non-hydrogen) atoms. The van der Waals surface area contributed by atoms with Gasteiger partial charge < -0.3 is 24.6 Å². The van der Waals surface area contributed by atoms with Crippen molar-refractivity contribution in [1.82, 2.24) is 4.90 Å². The Bertz CT molecular complexity index is 460. The van der Waals surface area contributed by atoms with Gasteiger partial charge >= 0.3 is 0 Å². The number of nitrogens with zero attached hydrogens (tertiary/aromatic N) is 2. The minimum atomic E-state index is -0.288. The van der Waals surface area contributed by atoms with E-state index in [0.29, 0.717) is 12.4 Å². The first-order valence-corrected chi connectivity index (χ1v) is 6.93. The van der Waals surface area contributed by atoms with Crippen molar-refractivity contribution in [3.8, 4) is 11.5 Å². The number of fused-ring (bicyclic) bond motifs is 1. The third kappa shape index (κ3) is 2.54. The largest absolute Gasteiger partial charge is 0.484 e. The summed E-state index contributed by atoms with van der Waals surface area (Å²) < 4.78 is 11.5. The van der Waals surface area contributed by atoms with E-state index in [9.17, 15) is 0 Å². The van der Waals surface area contributed by atoms with Crippen molar-refractivity contribution in [2.45, 2.75) is 6.10 Å². The molecule has 0 radical (unpaired) electrons. The van der Waals surface area contributed by atoms with Gasteiger partial charge in [0.1, 0.15) is 6.61 Å². The Labute approximate surface area is 118 Å². The fourth-order valence-corrected chi connectivity index (χ4v) is 2.60. The normalized spacial score (nSPS) is 22.9. The fraction of sp³-hybridized carbons (Fsp3) is 0.571. The van der Waals surface area contributed by atoms with Gasteiger partial charge in [-0.2, -0.15) is 0 Å². The minimum Gasteiger partial charge on any atom is -0.484 e. The van der Waals surface area contributed by atoms with E-state index in [-0.39, 0.29) is 19.4 Å². The highest BCUT2D eigenvalue weighted by Crippen LogP contribution is 2.40. The average Bonchev–Trinajstić information content (AvgIpc) is 2.54. The summed E-state index contributed by atoms with van der Waals surface area (Å²) in [5.74, 6) is 1.45. The number of rotatable bonds is 3. The molecule has 0 saturated carbocycles. The van der Waals surface area contributed by atoms with E-state index in [1.54, 1.807) is 0 Å². The number of piperazine rings is 1. The number of hydrogen-bond donors (Lipinski definition) is 2. The molecule has 0 amide bonds. The molecule has 0 aliphatic carbocycles. The zero-order valence-corrected chi connectivity index (χ0v) is 11.4. The topological polar surface area (TPSA) is 65.4 Å². The van der Waals surface area contributed by atoms with E-state index >= 15 is 0 Å². The number of ether oxygens (including phenoxy) is 2. The molecule has 2 aliphatic heterocycles. The zero-order chi connectivity index (χ0) is 13.9. The molecule has 1 saturated heterocycles. The monoisotopic (exact) mass is 280 g/mol. The van der Waals surface area contributed by atoms with Crippen LogP contribution in [0.3, 0.4) is 0 Å². The second kappa shape index (κ2) is 5.87. The van der Waals surface area contributed by atoms with E-state index < -0.39 is 0 Å². The molecule has 6 nitrogen and oxygen atoms in total. The first-order chi connectivity index (χ1) is 9.81. The third-order valence-electron chi connectivity index (χ3n) is 3.78. The molecule has 2 aliphatic rings. The van der Waals surface area contributed by atoms with E-state index in [1.807, 2.05) is 23.1 Å². The number of anilines is 1. The van der Waals surface area contributed by atoms with Crippen LogP contribution in [0.5, 0.6) is 11.5 Å². The van der Waals surface area contributed by atoms with E-state index in [4.69, 9.17) is 19.7 Å². The Balaban J connectivity index is 1.78. The summed E-state index contributed by atoms with van der Waals surface area (Å²) in [5, 5.41) is 18.3. The summed E-state index contributed by atoms with van der Waals surface area (Å²) in [4.78, 5) is 4.25. The Morgan fingerprint density at radius 3 is 2.65 bits per heavy atom. The fourth-order valence-electron chi connectivity index (χ4n) is 2.60. The van der Waals surface area contributed by atoms with Crippen LogP contribution in [0.4, 0.5) is 5.69 Å². The molecule has 2 heterocycles. The average molecular weight is 280 g/mol. The second-order valence-electron chi connectivity index (χ2n) is 5.08. The van der Waals surface area contributed by atoms with Gasteiger partial charge in [0, 0.05) is 26.2 Å². The molecule has 1 aromatic carbocycles. The molecule has 0 aromatic heterocycles. The summed E-state index contributed by atoms with van der Waals surface area (Å²) >= 11 is 0. The van der Waals surface area contributed by atoms with Crippen LogP contribution in [-0.2, 0) is 0 Å². The van der Waals surface area contributed by atoms with Gasteiger partial charge in [0.05, 0.1) is 19.0 Å². The molecule has 6 heteroatoms. The number of aliphatic hydroxyl groups excluding tert-OH is 2. The van der Waals surface area contributed by atoms with E-state index in [1.165, 1.54) is 0 Å². The van der Waals surface area contributed by atoms with Crippen LogP contribution in [0.15, 0.2) is 18.2 Å². The molecule has 1 aromatic rings. The second-order valence-corrected chi connectivity index (χ2v) is 5.08. The highest BCUT2D eigenvalue weighted by atomic mass is 16.6. The lowest BCUT2D eigenvalue weighted by Gasteiger charge is -2.37. The third-order valence-corrected chi connectivity index (χ3v) is 3.78. The Morgan fingerprint density at radius 1 is 1.15 bits per heavy atom. The van der Waals surface area contributed by atoms with Crippen LogP contribution >= 0.6 is 0 Å². The number of benzene rings is 1. The standard InChI is InChI=1S/C14H20N2O4/c17-8-11-9-19-14-12(2-1-3-13(14)20-11)16-6-4-15(10-18)5-7-16/h1-3,11,17-18H,4-10H2. The number of para-hydroxylation sites is 1. The van der Waals surface area contributed by atoms with Crippen LogP contribution in [0.25, 0.3) is 0 Å². The zero-order valence-electron chi connectivity index (χ0n) is 11.4. The Hall–Kier alpha value is -1.50. The summed E-state index contributed by atoms with van der Waals surface area (Å²) in [5.41, 5.74) is 1.02. The lowest BCUT2D eigenvalue weighted by molar-refractivity contribution is 0.0457. The van der Waals surface area contributed by atoms with Crippen molar-refractivity contribution in [3.05, 3.63) is 18.2 Å². The maximum Gasteiger partial charge on any atom is 0.184 e. The highest BCUT2D eigenvalue weighted by molar-refractivity contribution is 5.65. The number of aliphatic hydroxyl groups is 2. The first kappa shape index (κ1) is 13.5. The maximum atomic E-state index is 9.15. The van der Waals surface area contributed by atoms with Crippen molar-refractivity contribution in [3.63, 3.8) is 0 Å². The van der Waals surface area contributed by atoms with Gasteiger partial charge in [-0.15, -0.1) is 0 Å². The molecular formula is C14H20N2O4. The van der Waals surface area contributed by atoms with Crippen LogP contribution in [0.1, 0.15) is 0 Å². The van der Waals surface area contributed by atoms with Gasteiger partial charge in [0.25, 0.3) is 0 Å². The molecule has 0 bridgehead atoms. The molecule has 3 rings (SSSR count). The van der Waals surface area contributed by atoms with E-state index in [0.717, 1.165) is 37.6 Å². The smallest absolute Gasteiger partial charge is 0.184 e. The molecule has 2 N–H and O–H groups in total. The minimum absolute atomic E-state index is 0.0428. The molecule has 1 atom stereocenters. The molecule has 0 spiro atoms. The molecule has 1 unspecified atom stereocenters. The van der Waals surface area contributed by atoms with Gasteiger partial charge in [-0.25, -0.2) is 0 Å². The van der Waals surface area contributed by atoms with Crippen LogP contribution < -0.4 is 14.4 Å². The molecule has 110 valence electrons. The van der Waals surface area contributed by atoms with Crippen molar-refractivity contribution >= 4 is 5.69 Å². The summed E-state index contributed by atoms with van der Waals surface area (Å²) in [6, 6.07) is 5.83. The van der Waals surface area contributed by atoms with Gasteiger partial charge in [-0.1, -0.05) is 6.07 Å². The van der Waals surface area contributed by atoms with Crippen LogP contribution in [0.2, 0.25) is 0 Å². The summed E-state index contributed by atoms with van der Waals surface area (Å²) in [6.07, 6.45) is -0.288. The summed E-state index contributed by atoms with van der Waals surface area (Å²) in [6.45, 7) is 3.81. The van der Waals surface area contributed by atoms with Crippen molar-refractivity contribution < 1.29 is 19.7 Å². The van der Waals surface area contributed by atoms with Crippen molar-refractivity contribution in [2.75, 3.05) is 51.0 Å². The van der Waals surface area contributed by atoms with Crippen LogP contribution in [0, 0.1) is 0 Å². The van der Waals surface area contributed by atoms with Crippen LogP contribution in [-0.4, -0.2) is 67.3 Å². The first-order valence-electron chi connectivity index (χ1n) is 6.93. The van der Waals surface area contributed by atoms with Gasteiger partial charge in [-0.05, 0) is 12.1 Å². The van der Waals surface area contributed by atoms with Gasteiger partial charge in [-0.3, -0.25) is 4.90 Å².